The minimum Gasteiger partial charge on any atom is -0.368 e. The Morgan fingerprint density at radius 1 is 1.19 bits per heavy atom. The van der Waals surface area contributed by atoms with Crippen molar-refractivity contribution in [3.8, 4) is 5.69 Å². The fraction of sp³-hybridized carbons (Fsp3) is 0.273. The maximum atomic E-state index is 12.9. The topological polar surface area (TPSA) is 106 Å². The smallest absolute Gasteiger partial charge is 0.295 e. The van der Waals surface area contributed by atoms with Crippen molar-refractivity contribution in [3.05, 3.63) is 70.8 Å². The SMILES string of the molecule is Cc1nc(C(=O)Nc2ccccc2CN2CCCC2C(N)=O)nn1-c1ccccc1Cl. The molecule has 1 aromatic heterocycles. The summed E-state index contributed by atoms with van der Waals surface area (Å²) in [5.74, 6) is -0.144. The lowest BCUT2D eigenvalue weighted by atomic mass is 10.1. The van der Waals surface area contributed by atoms with Crippen molar-refractivity contribution in [3.63, 3.8) is 0 Å². The molecule has 1 atom stereocenters. The van der Waals surface area contributed by atoms with E-state index in [0.29, 0.717) is 28.8 Å². The molecule has 3 aromatic rings. The number of carbonyl (C=O) groups is 2. The molecule has 1 unspecified atom stereocenters. The maximum Gasteiger partial charge on any atom is 0.295 e. The van der Waals surface area contributed by atoms with E-state index in [1.807, 2.05) is 47.4 Å². The van der Waals surface area contributed by atoms with Crippen molar-refractivity contribution >= 4 is 29.1 Å². The normalized spacial score (nSPS) is 16.4. The van der Waals surface area contributed by atoms with E-state index in [1.165, 1.54) is 0 Å². The lowest BCUT2D eigenvalue weighted by Crippen LogP contribution is -2.39. The number of nitrogens with one attached hydrogen (secondary N) is 1. The maximum absolute atomic E-state index is 12.9. The van der Waals surface area contributed by atoms with E-state index in [2.05, 4.69) is 15.4 Å². The summed E-state index contributed by atoms with van der Waals surface area (Å²) in [5.41, 5.74) is 7.73. The van der Waals surface area contributed by atoms with E-state index >= 15 is 0 Å². The highest BCUT2D eigenvalue weighted by molar-refractivity contribution is 6.32. The van der Waals surface area contributed by atoms with Gasteiger partial charge >= 0.3 is 0 Å². The predicted molar refractivity (Wildman–Crippen MR) is 118 cm³/mol. The Morgan fingerprint density at radius 3 is 2.71 bits per heavy atom. The Morgan fingerprint density at radius 2 is 1.94 bits per heavy atom. The summed E-state index contributed by atoms with van der Waals surface area (Å²) in [5, 5.41) is 7.76. The summed E-state index contributed by atoms with van der Waals surface area (Å²) in [7, 11) is 0. The van der Waals surface area contributed by atoms with Crippen LogP contribution in [0.5, 0.6) is 0 Å². The predicted octanol–water partition coefficient (Wildman–Crippen LogP) is 2.93. The average molecular weight is 439 g/mol. The molecule has 2 aromatic carbocycles. The van der Waals surface area contributed by atoms with Crippen LogP contribution in [0.2, 0.25) is 5.02 Å². The molecule has 0 aliphatic carbocycles. The first-order chi connectivity index (χ1) is 14.9. The Balaban J connectivity index is 1.54. The largest absolute Gasteiger partial charge is 0.368 e. The van der Waals surface area contributed by atoms with Crippen LogP contribution >= 0.6 is 11.6 Å². The molecule has 2 heterocycles. The molecule has 4 rings (SSSR count). The first-order valence-corrected chi connectivity index (χ1v) is 10.4. The molecule has 0 saturated carbocycles. The van der Waals surface area contributed by atoms with Crippen LogP contribution < -0.4 is 11.1 Å². The molecule has 9 heteroatoms. The number of carbonyl (C=O) groups excluding carboxylic acids is 2. The van der Waals surface area contributed by atoms with Crippen LogP contribution in [0.1, 0.15) is 34.8 Å². The minimum atomic E-state index is -0.422. The van der Waals surface area contributed by atoms with Gasteiger partial charge in [-0.25, -0.2) is 9.67 Å². The van der Waals surface area contributed by atoms with E-state index in [4.69, 9.17) is 17.3 Å². The van der Waals surface area contributed by atoms with Crippen molar-refractivity contribution in [2.75, 3.05) is 11.9 Å². The van der Waals surface area contributed by atoms with Crippen LogP contribution in [-0.2, 0) is 11.3 Å². The number of nitrogens with two attached hydrogens (primary N) is 1. The zero-order chi connectivity index (χ0) is 22.0. The molecule has 1 saturated heterocycles. The van der Waals surface area contributed by atoms with Gasteiger partial charge in [0.25, 0.3) is 5.91 Å². The van der Waals surface area contributed by atoms with Crippen LogP contribution in [0, 0.1) is 6.92 Å². The number of primary amides is 1. The molecule has 1 fully saturated rings. The lowest BCUT2D eigenvalue weighted by Gasteiger charge is -2.23. The summed E-state index contributed by atoms with van der Waals surface area (Å²) in [4.78, 5) is 30.9. The number of halogens is 1. The van der Waals surface area contributed by atoms with Crippen molar-refractivity contribution in [1.29, 1.82) is 0 Å². The number of anilines is 1. The van der Waals surface area contributed by atoms with Crippen molar-refractivity contribution < 1.29 is 9.59 Å². The zero-order valence-electron chi connectivity index (χ0n) is 17.1. The highest BCUT2D eigenvalue weighted by Gasteiger charge is 2.29. The van der Waals surface area contributed by atoms with Gasteiger partial charge in [0, 0.05) is 12.2 Å². The first kappa shape index (κ1) is 21.0. The minimum absolute atomic E-state index is 0.0448. The Hall–Kier alpha value is -3.23. The molecule has 3 N–H and O–H groups in total. The molecule has 1 aliphatic heterocycles. The first-order valence-electron chi connectivity index (χ1n) is 10.0. The summed E-state index contributed by atoms with van der Waals surface area (Å²) in [6.45, 7) is 3.07. The third-order valence-corrected chi connectivity index (χ3v) is 5.70. The Bertz CT molecular complexity index is 1130. The molecular weight excluding hydrogens is 416 g/mol. The van der Waals surface area contributed by atoms with Crippen LogP contribution in [0.3, 0.4) is 0 Å². The number of hydrogen-bond donors (Lipinski definition) is 2. The number of rotatable bonds is 6. The lowest BCUT2D eigenvalue weighted by molar-refractivity contribution is -0.122. The number of likely N-dealkylation sites (tertiary alicyclic amines) is 1. The standard InChI is InChI=1S/C22H23ClN6O2/c1-14-25-21(27-29(14)18-10-5-3-8-16(18)23)22(31)26-17-9-4-2-7-15(17)13-28-12-6-11-19(28)20(24)30/h2-5,7-10,19H,6,11-13H2,1H3,(H2,24,30)(H,26,31). The van der Waals surface area contributed by atoms with E-state index in [0.717, 1.165) is 24.9 Å². The van der Waals surface area contributed by atoms with Gasteiger partial charge in [-0.1, -0.05) is 41.9 Å². The number of aromatic nitrogens is 3. The highest BCUT2D eigenvalue weighted by Crippen LogP contribution is 2.24. The molecule has 31 heavy (non-hydrogen) atoms. The zero-order valence-corrected chi connectivity index (χ0v) is 17.8. The fourth-order valence-electron chi connectivity index (χ4n) is 3.85. The second-order valence-corrected chi connectivity index (χ2v) is 7.90. The summed E-state index contributed by atoms with van der Waals surface area (Å²) in [6.07, 6.45) is 1.68. The van der Waals surface area contributed by atoms with Crippen LogP contribution in [0.15, 0.2) is 48.5 Å². The van der Waals surface area contributed by atoms with Gasteiger partial charge in [0.15, 0.2) is 0 Å². The second-order valence-electron chi connectivity index (χ2n) is 7.49. The van der Waals surface area contributed by atoms with E-state index in [-0.39, 0.29) is 17.8 Å². The molecular formula is C22H23ClN6O2. The molecule has 2 amide bonds. The number of aryl methyl sites for hydroxylation is 1. The highest BCUT2D eigenvalue weighted by atomic mass is 35.5. The van der Waals surface area contributed by atoms with Crippen LogP contribution in [-0.4, -0.2) is 44.1 Å². The average Bonchev–Trinajstić information content (AvgIpc) is 3.36. The van der Waals surface area contributed by atoms with Gasteiger partial charge in [-0.15, -0.1) is 5.10 Å². The van der Waals surface area contributed by atoms with Gasteiger partial charge in [-0.2, -0.15) is 0 Å². The number of benzene rings is 2. The summed E-state index contributed by atoms with van der Waals surface area (Å²) < 4.78 is 1.55. The summed E-state index contributed by atoms with van der Waals surface area (Å²) >= 11 is 6.26. The number of para-hydroxylation sites is 2. The molecule has 1 aliphatic rings. The monoisotopic (exact) mass is 438 g/mol. The third-order valence-electron chi connectivity index (χ3n) is 5.38. The van der Waals surface area contributed by atoms with Gasteiger partial charge in [-0.3, -0.25) is 14.5 Å². The van der Waals surface area contributed by atoms with E-state index in [1.54, 1.807) is 17.7 Å². The van der Waals surface area contributed by atoms with Gasteiger partial charge < -0.3 is 11.1 Å². The number of hydrogen-bond acceptors (Lipinski definition) is 5. The Kier molecular flexibility index (Phi) is 6.01. The van der Waals surface area contributed by atoms with Crippen molar-refractivity contribution in [2.24, 2.45) is 5.73 Å². The van der Waals surface area contributed by atoms with Crippen molar-refractivity contribution in [1.82, 2.24) is 19.7 Å². The summed E-state index contributed by atoms with van der Waals surface area (Å²) in [6, 6.07) is 14.4. The van der Waals surface area contributed by atoms with E-state index in [9.17, 15) is 9.59 Å². The van der Waals surface area contributed by atoms with Crippen LogP contribution in [0.4, 0.5) is 5.69 Å². The molecule has 8 nitrogen and oxygen atoms in total. The van der Waals surface area contributed by atoms with Gasteiger partial charge in [0.1, 0.15) is 5.82 Å². The Labute approximate surface area is 185 Å². The molecule has 0 bridgehead atoms. The number of nitrogens with zero attached hydrogens (tertiary/aromatic N) is 4. The van der Waals surface area contributed by atoms with Gasteiger partial charge in [0.05, 0.1) is 16.8 Å². The van der Waals surface area contributed by atoms with Crippen molar-refractivity contribution in [2.45, 2.75) is 32.4 Å². The number of amides is 2. The fourth-order valence-corrected chi connectivity index (χ4v) is 4.07. The van der Waals surface area contributed by atoms with Gasteiger partial charge in [0.2, 0.25) is 11.7 Å². The van der Waals surface area contributed by atoms with Crippen LogP contribution in [0.25, 0.3) is 5.69 Å². The van der Waals surface area contributed by atoms with E-state index < -0.39 is 5.91 Å². The second kappa shape index (κ2) is 8.87. The van der Waals surface area contributed by atoms with Gasteiger partial charge in [-0.05, 0) is 50.1 Å². The molecule has 0 spiro atoms. The molecule has 160 valence electrons. The molecule has 0 radical (unpaired) electrons. The third kappa shape index (κ3) is 4.45. The quantitative estimate of drug-likeness (QED) is 0.615.